The van der Waals surface area contributed by atoms with E-state index in [4.69, 9.17) is 0 Å². The number of imidazole rings is 2. The number of aromatic nitrogens is 4. The molecular weight excluding hydrogens is 638 g/mol. The average Bonchev–Trinajstić information content (AvgIpc) is 3.65. The predicted octanol–water partition coefficient (Wildman–Crippen LogP) is 8.56. The highest BCUT2D eigenvalue weighted by atomic mass is 127. The summed E-state index contributed by atoms with van der Waals surface area (Å²) in [5.74, 6) is 0. The zero-order valence-corrected chi connectivity index (χ0v) is 25.1. The van der Waals surface area contributed by atoms with Crippen molar-refractivity contribution in [2.45, 2.75) is 12.5 Å². The second-order valence-electron chi connectivity index (χ2n) is 8.74. The van der Waals surface area contributed by atoms with Crippen LogP contribution in [0.15, 0.2) is 140 Å². The summed E-state index contributed by atoms with van der Waals surface area (Å²) in [5, 5.41) is 0. The van der Waals surface area contributed by atoms with Crippen molar-refractivity contribution >= 4 is 47.4 Å². The van der Waals surface area contributed by atoms with Crippen molar-refractivity contribution in [1.82, 2.24) is 19.5 Å². The minimum atomic E-state index is -0.458. The largest absolute Gasteiger partial charge is 0.345 e. The lowest BCUT2D eigenvalue weighted by atomic mass is 9.77. The van der Waals surface area contributed by atoms with Gasteiger partial charge in [-0.2, -0.15) is 0 Å². The highest BCUT2D eigenvalue weighted by molar-refractivity contribution is 14.1. The third-order valence-electron chi connectivity index (χ3n) is 6.37. The van der Waals surface area contributed by atoms with E-state index in [0.29, 0.717) is 0 Å². The molecule has 4 aromatic carbocycles. The van der Waals surface area contributed by atoms with E-state index >= 15 is 0 Å². The van der Waals surface area contributed by atoms with Crippen LogP contribution in [0.1, 0.15) is 22.3 Å². The maximum Gasteiger partial charge on any atom is 0.121 e. The molecule has 7 heteroatoms. The van der Waals surface area contributed by atoms with Crippen molar-refractivity contribution in [2.75, 3.05) is 0 Å². The smallest absolute Gasteiger partial charge is 0.121 e. The van der Waals surface area contributed by atoms with Crippen LogP contribution in [0.25, 0.3) is 11.3 Å². The van der Waals surface area contributed by atoms with Crippen LogP contribution >= 0.6 is 47.4 Å². The molecule has 6 rings (SSSR count). The van der Waals surface area contributed by atoms with Gasteiger partial charge in [0, 0.05) is 6.20 Å². The Labute approximate surface area is 255 Å². The molecule has 0 aliphatic rings. The maximum atomic E-state index is 4.51. The maximum absolute atomic E-state index is 4.51. The number of hydrogen-bond acceptors (Lipinski definition) is 2. The van der Waals surface area contributed by atoms with Gasteiger partial charge in [-0.05, 0) is 51.8 Å². The molecule has 0 unspecified atom stereocenters. The third kappa shape index (κ3) is 6.61. The number of hydrogen-bond donors (Lipinski definition) is 1. The number of nitrogens with zero attached hydrogens (tertiary/aromatic N) is 3. The van der Waals surface area contributed by atoms with Gasteiger partial charge in [-0.1, -0.05) is 121 Å². The van der Waals surface area contributed by atoms with Crippen LogP contribution in [0.4, 0.5) is 0 Å². The van der Waals surface area contributed by atoms with Gasteiger partial charge in [0.1, 0.15) is 9.24 Å². The summed E-state index contributed by atoms with van der Waals surface area (Å²) >= 11 is 2.27. The Morgan fingerprint density at radius 1 is 0.692 bits per heavy atom. The summed E-state index contributed by atoms with van der Waals surface area (Å²) in [6.07, 6.45) is 7.54. The van der Waals surface area contributed by atoms with E-state index in [-0.39, 0.29) is 24.8 Å². The first-order chi connectivity index (χ1) is 18.2. The standard InChI is InChI=1S/C22H17IN2.C10H10N2.2ClH/c23-21-16-25(17-24-21)22(18-10-4-1-5-11-18,19-12-6-2-7-13-19)20-14-8-3-9-15-20;1-8-2-4-9(5-3-8)10-6-11-7-12-10;;/h1-17H;2-7H,1H3,(H,11,12);2*1H. The minimum Gasteiger partial charge on any atom is -0.345 e. The van der Waals surface area contributed by atoms with Crippen LogP contribution in [0.5, 0.6) is 0 Å². The van der Waals surface area contributed by atoms with E-state index in [0.717, 1.165) is 9.39 Å². The van der Waals surface area contributed by atoms with Gasteiger partial charge >= 0.3 is 0 Å². The van der Waals surface area contributed by atoms with Gasteiger partial charge in [-0.15, -0.1) is 24.8 Å². The van der Waals surface area contributed by atoms with E-state index in [1.165, 1.54) is 27.8 Å². The van der Waals surface area contributed by atoms with Gasteiger partial charge in [0.05, 0.1) is 24.5 Å². The summed E-state index contributed by atoms with van der Waals surface area (Å²) in [6, 6.07) is 40.2. The number of halogens is 3. The number of benzene rings is 4. The summed E-state index contributed by atoms with van der Waals surface area (Å²) in [4.78, 5) is 11.5. The Kier molecular flexibility index (Phi) is 10.9. The molecule has 0 atom stereocenters. The van der Waals surface area contributed by atoms with Crippen molar-refractivity contribution in [2.24, 2.45) is 0 Å². The molecule has 198 valence electrons. The normalized spacial score (nSPS) is 10.4. The molecule has 6 aromatic rings. The Balaban J connectivity index is 0.000000254. The molecule has 0 fully saturated rings. The van der Waals surface area contributed by atoms with E-state index in [9.17, 15) is 0 Å². The second-order valence-corrected chi connectivity index (χ2v) is 9.85. The van der Waals surface area contributed by atoms with Crippen LogP contribution in [0.3, 0.4) is 0 Å². The SMILES string of the molecule is Cc1ccc(-c2cnc[nH]2)cc1.Cl.Cl.Ic1cn(C(c2ccccc2)(c2ccccc2)c2ccccc2)cn1. The number of aromatic amines is 1. The van der Waals surface area contributed by atoms with Crippen LogP contribution in [0, 0.1) is 10.6 Å². The molecule has 0 saturated carbocycles. The zero-order chi connectivity index (χ0) is 25.5. The van der Waals surface area contributed by atoms with Crippen molar-refractivity contribution < 1.29 is 0 Å². The summed E-state index contributed by atoms with van der Waals surface area (Å²) in [6.45, 7) is 2.08. The highest BCUT2D eigenvalue weighted by Crippen LogP contribution is 2.40. The lowest BCUT2D eigenvalue weighted by molar-refractivity contribution is 0.514. The molecule has 39 heavy (non-hydrogen) atoms. The zero-order valence-electron chi connectivity index (χ0n) is 21.3. The molecule has 2 heterocycles. The van der Waals surface area contributed by atoms with Gasteiger partial charge in [0.25, 0.3) is 0 Å². The Morgan fingerprint density at radius 3 is 1.56 bits per heavy atom. The van der Waals surface area contributed by atoms with Gasteiger partial charge in [-0.25, -0.2) is 9.97 Å². The quantitative estimate of drug-likeness (QED) is 0.148. The fraction of sp³-hybridized carbons (Fsp3) is 0.0625. The molecule has 0 bridgehead atoms. The predicted molar refractivity (Wildman–Crippen MR) is 173 cm³/mol. The van der Waals surface area contributed by atoms with Crippen molar-refractivity contribution in [3.8, 4) is 11.3 Å². The molecular formula is C32H29Cl2IN4. The van der Waals surface area contributed by atoms with Crippen LogP contribution in [0.2, 0.25) is 0 Å². The van der Waals surface area contributed by atoms with Crippen LogP contribution in [-0.2, 0) is 5.54 Å². The van der Waals surface area contributed by atoms with Gasteiger partial charge in [0.15, 0.2) is 0 Å². The first-order valence-corrected chi connectivity index (χ1v) is 13.2. The number of aryl methyl sites for hydroxylation is 1. The van der Waals surface area contributed by atoms with E-state index in [1.54, 1.807) is 6.33 Å². The molecule has 0 saturated heterocycles. The molecule has 0 spiro atoms. The fourth-order valence-corrected chi connectivity index (χ4v) is 5.04. The Hall–Kier alpha value is -3.39. The number of nitrogens with one attached hydrogen (secondary N) is 1. The second kappa shape index (κ2) is 14.1. The molecule has 4 nitrogen and oxygen atoms in total. The minimum absolute atomic E-state index is 0. The summed E-state index contributed by atoms with van der Waals surface area (Å²) < 4.78 is 3.19. The summed E-state index contributed by atoms with van der Waals surface area (Å²) in [7, 11) is 0. The van der Waals surface area contributed by atoms with Crippen molar-refractivity contribution in [3.05, 3.63) is 166 Å². The molecule has 2 aromatic heterocycles. The topological polar surface area (TPSA) is 46.5 Å². The lowest BCUT2D eigenvalue weighted by Gasteiger charge is -2.37. The molecule has 0 aliphatic carbocycles. The van der Waals surface area contributed by atoms with E-state index < -0.39 is 5.54 Å². The highest BCUT2D eigenvalue weighted by Gasteiger charge is 2.38. The first-order valence-electron chi connectivity index (χ1n) is 12.1. The Morgan fingerprint density at radius 2 is 1.18 bits per heavy atom. The number of H-pyrrole nitrogens is 1. The fourth-order valence-electron chi connectivity index (χ4n) is 4.61. The third-order valence-corrected chi connectivity index (χ3v) is 6.93. The summed E-state index contributed by atoms with van der Waals surface area (Å²) in [5.41, 5.74) is 6.69. The monoisotopic (exact) mass is 666 g/mol. The van der Waals surface area contributed by atoms with Crippen molar-refractivity contribution in [1.29, 1.82) is 0 Å². The first kappa shape index (κ1) is 30.2. The lowest BCUT2D eigenvalue weighted by Crippen LogP contribution is -2.36. The van der Waals surface area contributed by atoms with Gasteiger partial charge in [-0.3, -0.25) is 0 Å². The molecule has 0 radical (unpaired) electrons. The van der Waals surface area contributed by atoms with E-state index in [2.05, 4.69) is 170 Å². The average molecular weight is 667 g/mol. The van der Waals surface area contributed by atoms with E-state index in [1.807, 2.05) is 12.5 Å². The molecule has 0 amide bonds. The van der Waals surface area contributed by atoms with Crippen LogP contribution in [-0.4, -0.2) is 19.5 Å². The van der Waals surface area contributed by atoms with Gasteiger partial charge < -0.3 is 9.55 Å². The number of rotatable bonds is 5. The molecule has 1 N–H and O–H groups in total. The molecule has 0 aliphatic heterocycles. The van der Waals surface area contributed by atoms with Gasteiger partial charge in [0.2, 0.25) is 0 Å². The van der Waals surface area contributed by atoms with Crippen LogP contribution < -0.4 is 0 Å². The Bertz CT molecular complexity index is 1420. The van der Waals surface area contributed by atoms with Crippen molar-refractivity contribution in [3.63, 3.8) is 0 Å².